The van der Waals surface area contributed by atoms with Crippen molar-refractivity contribution in [2.24, 2.45) is 0 Å². The smallest absolute Gasteiger partial charge is 0.405 e. The molecule has 9 heteroatoms. The lowest BCUT2D eigenvalue weighted by Gasteiger charge is -2.13. The normalized spacial score (nSPS) is 11.2. The fourth-order valence-electron chi connectivity index (χ4n) is 2.39. The van der Waals surface area contributed by atoms with Crippen molar-refractivity contribution in [3.63, 3.8) is 0 Å². The summed E-state index contributed by atoms with van der Waals surface area (Å²) in [7, 11) is 0. The number of carbonyl (C=O) groups is 1. The van der Waals surface area contributed by atoms with E-state index in [1.165, 1.54) is 30.0 Å². The maximum absolute atomic E-state index is 12.4. The zero-order chi connectivity index (χ0) is 20.0. The van der Waals surface area contributed by atoms with E-state index in [1.54, 1.807) is 12.3 Å². The van der Waals surface area contributed by atoms with Crippen LogP contribution in [0.1, 0.15) is 5.56 Å². The lowest BCUT2D eigenvalue weighted by Crippen LogP contribution is -2.25. The van der Waals surface area contributed by atoms with Gasteiger partial charge in [-0.3, -0.25) is 4.79 Å². The number of rotatable bonds is 7. The first-order valence-electron chi connectivity index (χ1n) is 8.24. The van der Waals surface area contributed by atoms with Crippen LogP contribution >= 0.6 is 11.8 Å². The fourth-order valence-corrected chi connectivity index (χ4v) is 3.07. The average molecular weight is 407 g/mol. The summed E-state index contributed by atoms with van der Waals surface area (Å²) in [4.78, 5) is 19.4. The standard InChI is InChI=1S/C19H16F3N3O2S/c20-19(21,22)27-16-9-5-4-8-14(16)10-23-17(26)12-28-18-24-11-15(25-18)13-6-2-1-3-7-13/h1-9,11H,10,12H2,(H,23,26)(H,24,25). The molecule has 0 unspecified atom stereocenters. The van der Waals surface area contributed by atoms with Gasteiger partial charge in [0.15, 0.2) is 5.16 Å². The van der Waals surface area contributed by atoms with E-state index in [1.807, 2.05) is 30.3 Å². The Labute approximate surface area is 163 Å². The van der Waals surface area contributed by atoms with Crippen LogP contribution in [0.25, 0.3) is 11.3 Å². The SMILES string of the molecule is O=C(CSc1ncc(-c2ccccc2)[nH]1)NCc1ccccc1OC(F)(F)F. The molecule has 146 valence electrons. The molecule has 1 aromatic heterocycles. The second-order valence-corrected chi connectivity index (χ2v) is 6.65. The van der Waals surface area contributed by atoms with Gasteiger partial charge in [-0.15, -0.1) is 13.2 Å². The minimum Gasteiger partial charge on any atom is -0.405 e. The van der Waals surface area contributed by atoms with Crippen LogP contribution in [-0.2, 0) is 11.3 Å². The Morgan fingerprint density at radius 2 is 1.82 bits per heavy atom. The Kier molecular flexibility index (Phi) is 6.25. The van der Waals surface area contributed by atoms with Crippen molar-refractivity contribution in [1.82, 2.24) is 15.3 Å². The van der Waals surface area contributed by atoms with Gasteiger partial charge in [0.1, 0.15) is 5.75 Å². The van der Waals surface area contributed by atoms with Crippen molar-refractivity contribution < 1.29 is 22.7 Å². The van der Waals surface area contributed by atoms with E-state index in [2.05, 4.69) is 20.0 Å². The van der Waals surface area contributed by atoms with Gasteiger partial charge in [0.25, 0.3) is 0 Å². The van der Waals surface area contributed by atoms with E-state index in [9.17, 15) is 18.0 Å². The second kappa shape index (κ2) is 8.83. The van der Waals surface area contributed by atoms with Gasteiger partial charge in [-0.05, 0) is 11.6 Å². The summed E-state index contributed by atoms with van der Waals surface area (Å²) in [5.74, 6) is -0.588. The molecule has 2 aromatic carbocycles. The van der Waals surface area contributed by atoms with Crippen molar-refractivity contribution in [2.45, 2.75) is 18.1 Å². The Morgan fingerprint density at radius 3 is 2.57 bits per heavy atom. The third kappa shape index (κ3) is 5.78. The number of amides is 1. The third-order valence-electron chi connectivity index (χ3n) is 3.65. The van der Waals surface area contributed by atoms with Crippen LogP contribution in [0.5, 0.6) is 5.75 Å². The number of nitrogens with zero attached hydrogens (tertiary/aromatic N) is 1. The Balaban J connectivity index is 1.51. The summed E-state index contributed by atoms with van der Waals surface area (Å²) in [6.07, 6.45) is -3.11. The number of thioether (sulfide) groups is 1. The van der Waals surface area contributed by atoms with E-state index in [4.69, 9.17) is 0 Å². The number of hydrogen-bond acceptors (Lipinski definition) is 4. The number of benzene rings is 2. The molecular weight excluding hydrogens is 391 g/mol. The van der Waals surface area contributed by atoms with Crippen molar-refractivity contribution in [3.8, 4) is 17.0 Å². The van der Waals surface area contributed by atoms with Crippen molar-refractivity contribution in [3.05, 3.63) is 66.4 Å². The summed E-state index contributed by atoms with van der Waals surface area (Å²) in [5, 5.41) is 3.16. The molecule has 0 atom stereocenters. The largest absolute Gasteiger partial charge is 0.573 e. The van der Waals surface area contributed by atoms with E-state index in [0.29, 0.717) is 5.16 Å². The number of halogens is 3. The predicted octanol–water partition coefficient (Wildman–Crippen LogP) is 4.38. The van der Waals surface area contributed by atoms with E-state index < -0.39 is 6.36 Å². The van der Waals surface area contributed by atoms with Gasteiger partial charge in [-0.1, -0.05) is 60.3 Å². The average Bonchev–Trinajstić information content (AvgIpc) is 3.14. The Morgan fingerprint density at radius 1 is 1.11 bits per heavy atom. The van der Waals surface area contributed by atoms with Gasteiger partial charge in [0, 0.05) is 12.1 Å². The van der Waals surface area contributed by atoms with Gasteiger partial charge >= 0.3 is 6.36 Å². The van der Waals surface area contributed by atoms with Crippen LogP contribution in [0.4, 0.5) is 13.2 Å². The summed E-state index contributed by atoms with van der Waals surface area (Å²) < 4.78 is 41.3. The predicted molar refractivity (Wildman–Crippen MR) is 99.7 cm³/mol. The summed E-state index contributed by atoms with van der Waals surface area (Å²) in [5.41, 5.74) is 2.05. The van der Waals surface area contributed by atoms with Crippen LogP contribution in [0.3, 0.4) is 0 Å². The molecule has 0 saturated carbocycles. The molecule has 0 saturated heterocycles. The van der Waals surface area contributed by atoms with Crippen LogP contribution in [-0.4, -0.2) is 28.0 Å². The van der Waals surface area contributed by atoms with Gasteiger partial charge in [-0.25, -0.2) is 4.98 Å². The quantitative estimate of drug-likeness (QED) is 0.571. The number of hydrogen-bond donors (Lipinski definition) is 2. The van der Waals surface area contributed by atoms with E-state index in [0.717, 1.165) is 11.3 Å². The lowest BCUT2D eigenvalue weighted by molar-refractivity contribution is -0.274. The van der Waals surface area contributed by atoms with Crippen LogP contribution in [0, 0.1) is 0 Å². The number of carbonyl (C=O) groups excluding carboxylic acids is 1. The molecule has 0 spiro atoms. The van der Waals surface area contributed by atoms with Crippen molar-refractivity contribution in [2.75, 3.05) is 5.75 Å². The zero-order valence-corrected chi connectivity index (χ0v) is 15.3. The molecule has 0 aliphatic rings. The number of alkyl halides is 3. The fraction of sp³-hybridized carbons (Fsp3) is 0.158. The van der Waals surface area contributed by atoms with Gasteiger partial charge in [-0.2, -0.15) is 0 Å². The summed E-state index contributed by atoms with van der Waals surface area (Å²) in [6, 6.07) is 15.3. The first-order valence-corrected chi connectivity index (χ1v) is 9.23. The Bertz CT molecular complexity index is 929. The molecule has 0 radical (unpaired) electrons. The molecule has 28 heavy (non-hydrogen) atoms. The van der Waals surface area contributed by atoms with E-state index in [-0.39, 0.29) is 29.5 Å². The molecule has 3 aromatic rings. The van der Waals surface area contributed by atoms with Crippen molar-refractivity contribution in [1.29, 1.82) is 0 Å². The second-order valence-electron chi connectivity index (χ2n) is 5.69. The van der Waals surface area contributed by atoms with Crippen LogP contribution < -0.4 is 10.1 Å². The number of H-pyrrole nitrogens is 1. The maximum Gasteiger partial charge on any atom is 0.573 e. The molecule has 5 nitrogen and oxygen atoms in total. The lowest BCUT2D eigenvalue weighted by atomic mass is 10.2. The molecule has 0 bridgehead atoms. The molecule has 3 rings (SSSR count). The number of nitrogens with one attached hydrogen (secondary N) is 2. The van der Waals surface area contributed by atoms with Gasteiger partial charge in [0.05, 0.1) is 17.6 Å². The summed E-state index contributed by atoms with van der Waals surface area (Å²) >= 11 is 1.20. The molecule has 2 N–H and O–H groups in total. The highest BCUT2D eigenvalue weighted by molar-refractivity contribution is 7.99. The number of ether oxygens (including phenoxy) is 1. The molecular formula is C19H16F3N3O2S. The monoisotopic (exact) mass is 407 g/mol. The highest BCUT2D eigenvalue weighted by atomic mass is 32.2. The van der Waals surface area contributed by atoms with Crippen LogP contribution in [0.15, 0.2) is 66.0 Å². The number of para-hydroxylation sites is 1. The number of aromatic amines is 1. The molecule has 0 fully saturated rings. The minimum atomic E-state index is -4.79. The van der Waals surface area contributed by atoms with Gasteiger partial charge in [0.2, 0.25) is 5.91 Å². The van der Waals surface area contributed by atoms with Crippen LogP contribution in [0.2, 0.25) is 0 Å². The minimum absolute atomic E-state index is 0.0704. The molecule has 0 aliphatic heterocycles. The molecule has 1 heterocycles. The zero-order valence-electron chi connectivity index (χ0n) is 14.5. The molecule has 1 amide bonds. The maximum atomic E-state index is 12.4. The number of aromatic nitrogens is 2. The third-order valence-corrected chi connectivity index (χ3v) is 4.54. The van der Waals surface area contributed by atoms with Gasteiger partial charge < -0.3 is 15.0 Å². The van der Waals surface area contributed by atoms with Crippen molar-refractivity contribution >= 4 is 17.7 Å². The highest BCUT2D eigenvalue weighted by Crippen LogP contribution is 2.26. The Hall–Kier alpha value is -2.94. The summed E-state index contributed by atoms with van der Waals surface area (Å²) in [6.45, 7) is -0.0704. The highest BCUT2D eigenvalue weighted by Gasteiger charge is 2.31. The topological polar surface area (TPSA) is 67.0 Å². The first-order chi connectivity index (χ1) is 13.4. The molecule has 0 aliphatic carbocycles. The van der Waals surface area contributed by atoms with E-state index >= 15 is 0 Å². The first kappa shape index (κ1) is 19.8. The number of imidazole rings is 1.